The summed E-state index contributed by atoms with van der Waals surface area (Å²) in [5, 5.41) is 8.30. The van der Waals surface area contributed by atoms with Gasteiger partial charge in [-0.3, -0.25) is 4.79 Å². The van der Waals surface area contributed by atoms with Crippen molar-refractivity contribution in [3.8, 4) is 0 Å². The molecule has 0 aliphatic heterocycles. The number of hydrogen-bond acceptors (Lipinski definition) is 1. The molecule has 0 amide bonds. The van der Waals surface area contributed by atoms with E-state index in [0.29, 0.717) is 5.56 Å². The maximum absolute atomic E-state index is 13.1. The minimum Gasteiger partial charge on any atom is -0.481 e. The molecule has 0 fully saturated rings. The molecular weight excluding hydrogens is 202 g/mol. The van der Waals surface area contributed by atoms with E-state index in [2.05, 4.69) is 0 Å². The summed E-state index contributed by atoms with van der Waals surface area (Å²) < 4.78 is 26.2. The van der Waals surface area contributed by atoms with E-state index in [-0.39, 0.29) is 0 Å². The van der Waals surface area contributed by atoms with Crippen molar-refractivity contribution in [2.45, 2.75) is 25.7 Å². The van der Waals surface area contributed by atoms with Crippen LogP contribution in [0.4, 0.5) is 8.78 Å². The number of carboxylic acid groups (broad SMARTS) is 1. The number of aliphatic carboxylic acids is 1. The number of rotatable bonds is 4. The summed E-state index contributed by atoms with van der Waals surface area (Å²) in [5.41, 5.74) is 1.35. The summed E-state index contributed by atoms with van der Waals surface area (Å²) in [4.78, 5) is 10.2. The van der Waals surface area contributed by atoms with E-state index in [1.54, 1.807) is 31.2 Å². The quantitative estimate of drug-likeness (QED) is 0.836. The maximum Gasteiger partial charge on any atom is 0.309 e. The van der Waals surface area contributed by atoms with E-state index in [0.717, 1.165) is 5.56 Å². The SMILES string of the molecule is Cc1cccc(CC(F)(F)CC(=O)O)c1. The second-order valence-electron chi connectivity index (χ2n) is 3.59. The van der Waals surface area contributed by atoms with E-state index in [9.17, 15) is 13.6 Å². The molecule has 0 heterocycles. The summed E-state index contributed by atoms with van der Waals surface area (Å²) in [5.74, 6) is -4.66. The van der Waals surface area contributed by atoms with Gasteiger partial charge in [0.25, 0.3) is 5.92 Å². The second-order valence-corrected chi connectivity index (χ2v) is 3.59. The third-order valence-corrected chi connectivity index (χ3v) is 1.96. The molecule has 4 heteroatoms. The van der Waals surface area contributed by atoms with E-state index < -0.39 is 24.7 Å². The minimum atomic E-state index is -3.18. The molecule has 1 aromatic rings. The summed E-state index contributed by atoms with van der Waals surface area (Å²) in [6.45, 7) is 1.80. The van der Waals surface area contributed by atoms with E-state index >= 15 is 0 Å². The van der Waals surface area contributed by atoms with Gasteiger partial charge < -0.3 is 5.11 Å². The maximum atomic E-state index is 13.1. The molecule has 1 aromatic carbocycles. The normalized spacial score (nSPS) is 11.4. The number of carboxylic acids is 1. The van der Waals surface area contributed by atoms with Gasteiger partial charge in [0.05, 0.1) is 0 Å². The average molecular weight is 214 g/mol. The molecule has 0 saturated heterocycles. The average Bonchev–Trinajstić information content (AvgIpc) is 1.99. The van der Waals surface area contributed by atoms with Gasteiger partial charge in [-0.05, 0) is 12.5 Å². The predicted octanol–water partition coefficient (Wildman–Crippen LogP) is 2.65. The van der Waals surface area contributed by atoms with Crippen molar-refractivity contribution >= 4 is 5.97 Å². The van der Waals surface area contributed by atoms with Crippen LogP contribution in [0, 0.1) is 6.92 Å². The van der Waals surface area contributed by atoms with Gasteiger partial charge in [-0.1, -0.05) is 29.8 Å². The molecule has 1 N–H and O–H groups in total. The predicted molar refractivity (Wildman–Crippen MR) is 52.1 cm³/mol. The zero-order chi connectivity index (χ0) is 11.5. The van der Waals surface area contributed by atoms with Crippen molar-refractivity contribution in [2.75, 3.05) is 0 Å². The lowest BCUT2D eigenvalue weighted by Gasteiger charge is -2.13. The number of benzene rings is 1. The van der Waals surface area contributed by atoms with E-state index in [4.69, 9.17) is 5.11 Å². The lowest BCUT2D eigenvalue weighted by Crippen LogP contribution is -2.23. The highest BCUT2D eigenvalue weighted by atomic mass is 19.3. The van der Waals surface area contributed by atoms with Crippen molar-refractivity contribution in [3.05, 3.63) is 35.4 Å². The molecule has 0 radical (unpaired) electrons. The van der Waals surface area contributed by atoms with Crippen molar-refractivity contribution in [2.24, 2.45) is 0 Å². The van der Waals surface area contributed by atoms with Crippen LogP contribution in [0.3, 0.4) is 0 Å². The fourth-order valence-electron chi connectivity index (χ4n) is 1.40. The zero-order valence-corrected chi connectivity index (χ0v) is 8.34. The Bertz CT molecular complexity index is 361. The van der Waals surface area contributed by atoms with Gasteiger partial charge in [-0.15, -0.1) is 0 Å². The van der Waals surface area contributed by atoms with Crippen molar-refractivity contribution in [1.82, 2.24) is 0 Å². The molecule has 0 aromatic heterocycles. The van der Waals surface area contributed by atoms with E-state index in [1.165, 1.54) is 0 Å². The van der Waals surface area contributed by atoms with Crippen LogP contribution in [0.25, 0.3) is 0 Å². The first-order valence-corrected chi connectivity index (χ1v) is 4.54. The number of aryl methyl sites for hydroxylation is 1. The zero-order valence-electron chi connectivity index (χ0n) is 8.34. The first-order chi connectivity index (χ1) is 6.89. The van der Waals surface area contributed by atoms with Gasteiger partial charge in [-0.2, -0.15) is 0 Å². The molecule has 0 unspecified atom stereocenters. The Morgan fingerprint density at radius 3 is 2.67 bits per heavy atom. The van der Waals surface area contributed by atoms with Gasteiger partial charge >= 0.3 is 5.97 Å². The lowest BCUT2D eigenvalue weighted by atomic mass is 10.0. The van der Waals surface area contributed by atoms with Crippen LogP contribution < -0.4 is 0 Å². The van der Waals surface area contributed by atoms with Crippen LogP contribution in [0.2, 0.25) is 0 Å². The number of carbonyl (C=O) groups is 1. The number of halogens is 2. The molecule has 0 spiro atoms. The van der Waals surface area contributed by atoms with Gasteiger partial charge in [0.2, 0.25) is 0 Å². The largest absolute Gasteiger partial charge is 0.481 e. The van der Waals surface area contributed by atoms with Crippen LogP contribution in [0.15, 0.2) is 24.3 Å². The van der Waals surface area contributed by atoms with Crippen LogP contribution in [-0.2, 0) is 11.2 Å². The standard InChI is InChI=1S/C11H12F2O2/c1-8-3-2-4-9(5-8)6-11(12,13)7-10(14)15/h2-5H,6-7H2,1H3,(H,14,15). The third-order valence-electron chi connectivity index (χ3n) is 1.96. The summed E-state index contributed by atoms with van der Waals surface area (Å²) in [7, 11) is 0. The molecule has 2 nitrogen and oxygen atoms in total. The van der Waals surface area contributed by atoms with Crippen LogP contribution in [-0.4, -0.2) is 17.0 Å². The molecular formula is C11H12F2O2. The molecule has 0 aliphatic rings. The molecule has 1 rings (SSSR count). The minimum absolute atomic E-state index is 0.459. The highest BCUT2D eigenvalue weighted by molar-refractivity contribution is 5.67. The molecule has 0 atom stereocenters. The molecule has 15 heavy (non-hydrogen) atoms. The monoisotopic (exact) mass is 214 g/mol. The molecule has 0 saturated carbocycles. The first-order valence-electron chi connectivity index (χ1n) is 4.54. The smallest absolute Gasteiger partial charge is 0.309 e. The topological polar surface area (TPSA) is 37.3 Å². The Balaban J connectivity index is 2.72. The van der Waals surface area contributed by atoms with Crippen LogP contribution >= 0.6 is 0 Å². The van der Waals surface area contributed by atoms with Crippen molar-refractivity contribution in [1.29, 1.82) is 0 Å². The van der Waals surface area contributed by atoms with Gasteiger partial charge in [-0.25, -0.2) is 8.78 Å². The Labute approximate surface area is 86.5 Å². The number of alkyl halides is 2. The lowest BCUT2D eigenvalue weighted by molar-refractivity contribution is -0.144. The fourth-order valence-corrected chi connectivity index (χ4v) is 1.40. The van der Waals surface area contributed by atoms with Crippen LogP contribution in [0.5, 0.6) is 0 Å². The Kier molecular flexibility index (Phi) is 3.39. The van der Waals surface area contributed by atoms with Crippen LogP contribution in [0.1, 0.15) is 17.5 Å². The summed E-state index contributed by atoms with van der Waals surface area (Å²) >= 11 is 0. The Hall–Kier alpha value is -1.45. The second kappa shape index (κ2) is 4.38. The third kappa shape index (κ3) is 4.06. The summed E-state index contributed by atoms with van der Waals surface area (Å²) in [6, 6.07) is 6.69. The first kappa shape index (κ1) is 11.6. The highest BCUT2D eigenvalue weighted by Gasteiger charge is 2.32. The van der Waals surface area contributed by atoms with Gasteiger partial charge in [0, 0.05) is 6.42 Å². The number of hydrogen-bond donors (Lipinski definition) is 1. The summed E-state index contributed by atoms with van der Waals surface area (Å²) in [6.07, 6.45) is -1.65. The molecule has 0 bridgehead atoms. The molecule has 82 valence electrons. The van der Waals surface area contributed by atoms with Gasteiger partial charge in [0.15, 0.2) is 0 Å². The van der Waals surface area contributed by atoms with Crippen molar-refractivity contribution in [3.63, 3.8) is 0 Å². The fraction of sp³-hybridized carbons (Fsp3) is 0.364. The van der Waals surface area contributed by atoms with Gasteiger partial charge in [0.1, 0.15) is 6.42 Å². The molecule has 0 aliphatic carbocycles. The Morgan fingerprint density at radius 2 is 2.13 bits per heavy atom. The van der Waals surface area contributed by atoms with E-state index in [1.807, 2.05) is 0 Å². The van der Waals surface area contributed by atoms with Crippen molar-refractivity contribution < 1.29 is 18.7 Å². The Morgan fingerprint density at radius 1 is 1.47 bits per heavy atom. The highest BCUT2D eigenvalue weighted by Crippen LogP contribution is 2.24.